The molecule has 22 heavy (non-hydrogen) atoms. The van der Waals surface area contributed by atoms with Gasteiger partial charge in [-0.3, -0.25) is 4.79 Å². The van der Waals surface area contributed by atoms with Crippen molar-refractivity contribution in [3.63, 3.8) is 0 Å². The maximum atomic E-state index is 12.3. The first kappa shape index (κ1) is 15.5. The summed E-state index contributed by atoms with van der Waals surface area (Å²) < 4.78 is 1.04. The third-order valence-corrected chi connectivity index (χ3v) is 5.26. The van der Waals surface area contributed by atoms with Gasteiger partial charge in [0, 0.05) is 10.4 Å². The summed E-state index contributed by atoms with van der Waals surface area (Å²) in [6.45, 7) is 1.92. The van der Waals surface area contributed by atoms with Crippen molar-refractivity contribution in [2.45, 2.75) is 32.6 Å². The molecule has 2 unspecified atom stereocenters. The van der Waals surface area contributed by atoms with Crippen molar-refractivity contribution in [2.24, 2.45) is 22.9 Å². The van der Waals surface area contributed by atoms with Crippen LogP contribution in [0.25, 0.3) is 0 Å². The van der Waals surface area contributed by atoms with Gasteiger partial charge in [0.2, 0.25) is 5.91 Å². The molecule has 0 heterocycles. The van der Waals surface area contributed by atoms with Gasteiger partial charge in [-0.25, -0.2) is 5.43 Å². The van der Waals surface area contributed by atoms with E-state index in [1.54, 1.807) is 0 Å². The lowest BCUT2D eigenvalue weighted by molar-refractivity contribution is -0.122. The van der Waals surface area contributed by atoms with Crippen LogP contribution >= 0.6 is 15.9 Å². The average Bonchev–Trinajstić information content (AvgIpc) is 3.16. The topological polar surface area (TPSA) is 41.5 Å². The van der Waals surface area contributed by atoms with E-state index < -0.39 is 0 Å². The van der Waals surface area contributed by atoms with Crippen LogP contribution < -0.4 is 5.43 Å². The predicted octanol–water partition coefficient (Wildman–Crippen LogP) is 4.28. The molecule has 116 valence electrons. The largest absolute Gasteiger partial charge is 0.273 e. The van der Waals surface area contributed by atoms with Crippen molar-refractivity contribution < 1.29 is 4.79 Å². The molecule has 1 fully saturated rings. The smallest absolute Gasteiger partial charge is 0.243 e. The second-order valence-electron chi connectivity index (χ2n) is 6.16. The Labute approximate surface area is 140 Å². The highest BCUT2D eigenvalue weighted by Gasteiger charge is 2.53. The number of benzene rings is 1. The molecule has 1 N–H and O–H groups in total. The number of amides is 1. The van der Waals surface area contributed by atoms with Crippen LogP contribution in [0.5, 0.6) is 0 Å². The van der Waals surface area contributed by atoms with E-state index in [4.69, 9.17) is 0 Å². The maximum Gasteiger partial charge on any atom is 0.243 e. The van der Waals surface area contributed by atoms with Crippen LogP contribution in [0.3, 0.4) is 0 Å². The second kappa shape index (κ2) is 6.78. The Bertz CT molecular complexity index is 590. The van der Waals surface area contributed by atoms with Crippen LogP contribution in [0.1, 0.15) is 38.2 Å². The minimum absolute atomic E-state index is 0.0911. The number of halogens is 1. The van der Waals surface area contributed by atoms with Crippen molar-refractivity contribution in [1.29, 1.82) is 0 Å². The number of hydrogen-bond donors (Lipinski definition) is 1. The fourth-order valence-corrected chi connectivity index (χ4v) is 3.67. The third-order valence-electron chi connectivity index (χ3n) is 4.73. The van der Waals surface area contributed by atoms with E-state index in [1.807, 2.05) is 31.2 Å². The zero-order valence-corrected chi connectivity index (χ0v) is 14.3. The molecule has 2 atom stereocenters. The Morgan fingerprint density at radius 2 is 1.73 bits per heavy atom. The summed E-state index contributed by atoms with van der Waals surface area (Å²) in [4.78, 5) is 12.3. The Balaban J connectivity index is 1.58. The van der Waals surface area contributed by atoms with Crippen molar-refractivity contribution in [3.8, 4) is 0 Å². The number of nitrogens with zero attached hydrogens (tertiary/aromatic N) is 1. The van der Waals surface area contributed by atoms with Gasteiger partial charge in [-0.1, -0.05) is 40.2 Å². The summed E-state index contributed by atoms with van der Waals surface area (Å²) in [5.74, 6) is 1.39. The monoisotopic (exact) mass is 360 g/mol. The summed E-state index contributed by atoms with van der Waals surface area (Å²) in [6.07, 6.45) is 8.97. The van der Waals surface area contributed by atoms with Gasteiger partial charge in [-0.15, -0.1) is 0 Å². The Hall–Kier alpha value is -1.42. The van der Waals surface area contributed by atoms with E-state index >= 15 is 0 Å². The molecular weight excluding hydrogens is 340 g/mol. The molecule has 0 spiro atoms. The van der Waals surface area contributed by atoms with Crippen LogP contribution in [0.4, 0.5) is 0 Å². The molecule has 3 rings (SSSR count). The molecular formula is C18H21BrN2O. The molecule has 1 aromatic carbocycles. The number of carbonyl (C=O) groups excluding carboxylic acids is 1. The Morgan fingerprint density at radius 3 is 2.32 bits per heavy atom. The van der Waals surface area contributed by atoms with Crippen molar-refractivity contribution in [3.05, 3.63) is 46.5 Å². The molecule has 0 aliphatic heterocycles. The third kappa shape index (κ3) is 3.49. The Kier molecular flexibility index (Phi) is 4.77. The van der Waals surface area contributed by atoms with Gasteiger partial charge in [0.05, 0.1) is 5.71 Å². The highest BCUT2D eigenvalue weighted by atomic mass is 79.9. The summed E-state index contributed by atoms with van der Waals surface area (Å²) in [6, 6.07) is 7.94. The summed E-state index contributed by atoms with van der Waals surface area (Å²) in [5, 5.41) is 4.28. The van der Waals surface area contributed by atoms with Gasteiger partial charge >= 0.3 is 0 Å². The van der Waals surface area contributed by atoms with E-state index in [0.29, 0.717) is 11.8 Å². The first-order valence-electron chi connectivity index (χ1n) is 7.92. The number of hydrogen-bond acceptors (Lipinski definition) is 2. The highest BCUT2D eigenvalue weighted by Crippen LogP contribution is 2.52. The van der Waals surface area contributed by atoms with Crippen LogP contribution in [0.2, 0.25) is 0 Å². The molecule has 0 saturated heterocycles. The zero-order chi connectivity index (χ0) is 15.5. The zero-order valence-electron chi connectivity index (χ0n) is 12.8. The number of hydrazone groups is 1. The predicted molar refractivity (Wildman–Crippen MR) is 92.6 cm³/mol. The molecule has 0 aromatic heterocycles. The van der Waals surface area contributed by atoms with Gasteiger partial charge in [0.25, 0.3) is 0 Å². The van der Waals surface area contributed by atoms with Crippen molar-refractivity contribution >= 4 is 27.5 Å². The number of nitrogens with one attached hydrogen (secondary N) is 1. The molecule has 3 nitrogen and oxygen atoms in total. The first-order chi connectivity index (χ1) is 10.7. The fourth-order valence-electron chi connectivity index (χ4n) is 3.40. The van der Waals surface area contributed by atoms with Crippen LogP contribution in [0, 0.1) is 17.8 Å². The lowest BCUT2D eigenvalue weighted by atomic mass is 10.1. The average molecular weight is 361 g/mol. The fraction of sp³-hybridized carbons (Fsp3) is 0.444. The Morgan fingerprint density at radius 1 is 1.14 bits per heavy atom. The van der Waals surface area contributed by atoms with Crippen molar-refractivity contribution in [1.82, 2.24) is 5.43 Å². The van der Waals surface area contributed by atoms with Crippen LogP contribution in [0.15, 0.2) is 46.0 Å². The quantitative estimate of drug-likeness (QED) is 0.487. The minimum Gasteiger partial charge on any atom is -0.273 e. The molecule has 2 aliphatic carbocycles. The van der Waals surface area contributed by atoms with Crippen molar-refractivity contribution in [2.75, 3.05) is 0 Å². The molecule has 4 heteroatoms. The maximum absolute atomic E-state index is 12.3. The SMILES string of the molecule is C/C(=N\NC(=O)C1C2CC/C=C\CCC21)c1ccc(Br)cc1. The second-order valence-corrected chi connectivity index (χ2v) is 7.08. The summed E-state index contributed by atoms with van der Waals surface area (Å²) in [7, 11) is 0. The number of carbonyl (C=O) groups is 1. The molecule has 1 aromatic rings. The standard InChI is InChI=1S/C18H21BrN2O/c1-12(13-8-10-14(19)11-9-13)20-21-18(22)17-15-6-4-2-3-5-7-16(15)17/h2-3,8-11,15-17H,4-7H2,1H3,(H,21,22)/b3-2-,20-12+. The molecule has 1 saturated carbocycles. The van der Waals surface area contributed by atoms with E-state index in [9.17, 15) is 4.79 Å². The molecule has 2 aliphatic rings. The lowest BCUT2D eigenvalue weighted by Crippen LogP contribution is -2.22. The minimum atomic E-state index is 0.0911. The highest BCUT2D eigenvalue weighted by molar-refractivity contribution is 9.10. The van der Waals surface area contributed by atoms with Gasteiger partial charge in [0.1, 0.15) is 0 Å². The van der Waals surface area contributed by atoms with Gasteiger partial charge in [-0.2, -0.15) is 5.10 Å². The van der Waals surface area contributed by atoms with E-state index in [0.717, 1.165) is 41.4 Å². The number of fused-ring (bicyclic) bond motifs is 1. The van der Waals surface area contributed by atoms with Gasteiger partial charge < -0.3 is 0 Å². The normalized spacial score (nSPS) is 29.0. The molecule has 0 radical (unpaired) electrons. The summed E-state index contributed by atoms with van der Waals surface area (Å²) >= 11 is 3.42. The van der Waals surface area contributed by atoms with E-state index in [2.05, 4.69) is 38.6 Å². The number of rotatable bonds is 3. The van der Waals surface area contributed by atoms with Gasteiger partial charge in [0.15, 0.2) is 0 Å². The van der Waals surface area contributed by atoms with E-state index in [1.165, 1.54) is 0 Å². The van der Waals surface area contributed by atoms with Crippen LogP contribution in [-0.2, 0) is 4.79 Å². The molecule has 1 amide bonds. The first-order valence-corrected chi connectivity index (χ1v) is 8.71. The molecule has 0 bridgehead atoms. The lowest BCUT2D eigenvalue weighted by Gasteiger charge is -2.03. The number of allylic oxidation sites excluding steroid dienone is 2. The van der Waals surface area contributed by atoms with Gasteiger partial charge in [-0.05, 0) is 62.1 Å². The van der Waals surface area contributed by atoms with Crippen LogP contribution in [-0.4, -0.2) is 11.6 Å². The summed E-state index contributed by atoms with van der Waals surface area (Å²) in [5.41, 5.74) is 4.63. The van der Waals surface area contributed by atoms with E-state index in [-0.39, 0.29) is 11.8 Å².